The highest BCUT2D eigenvalue weighted by molar-refractivity contribution is 5.99. The molecular formula is C21H21F3N4O5. The number of likely N-dealkylation sites (tertiary alicyclic amines) is 1. The Labute approximate surface area is 186 Å². The number of nitro groups is 1. The van der Waals surface area contributed by atoms with Crippen molar-refractivity contribution in [3.63, 3.8) is 0 Å². The largest absolute Gasteiger partial charge is 0.484 e. The maximum atomic E-state index is 12.9. The molecule has 0 aliphatic carbocycles. The number of nitrogens with zero attached hydrogens (tertiary/aromatic N) is 3. The highest BCUT2D eigenvalue weighted by Crippen LogP contribution is 2.29. The average Bonchev–Trinajstić information content (AvgIpc) is 2.76. The summed E-state index contributed by atoms with van der Waals surface area (Å²) in [5.41, 5.74) is 0.0278. The Morgan fingerprint density at radius 3 is 2.55 bits per heavy atom. The van der Waals surface area contributed by atoms with E-state index in [0.29, 0.717) is 18.7 Å². The molecule has 1 N–H and O–H groups in total. The SMILES string of the molecule is Cc1ccnc(NC(=O)C2CCN(C(=O)c3cc(OCC(F)(F)F)ccc3[N+](=O)[O-])CC2)c1. The van der Waals surface area contributed by atoms with Gasteiger partial charge in [-0.2, -0.15) is 13.2 Å². The smallest absolute Gasteiger partial charge is 0.422 e. The van der Waals surface area contributed by atoms with Crippen LogP contribution in [0.5, 0.6) is 5.75 Å². The van der Waals surface area contributed by atoms with Crippen molar-refractivity contribution in [2.24, 2.45) is 5.92 Å². The number of amides is 2. The predicted molar refractivity (Wildman–Crippen MR) is 111 cm³/mol. The number of carbonyl (C=O) groups is 2. The van der Waals surface area contributed by atoms with Crippen molar-refractivity contribution in [3.8, 4) is 5.75 Å². The van der Waals surface area contributed by atoms with Crippen LogP contribution in [0.25, 0.3) is 0 Å². The summed E-state index contributed by atoms with van der Waals surface area (Å²) < 4.78 is 41.9. The molecule has 0 radical (unpaired) electrons. The molecule has 1 aliphatic rings. The first-order valence-electron chi connectivity index (χ1n) is 10.0. The lowest BCUT2D eigenvalue weighted by atomic mass is 9.95. The molecule has 1 aromatic carbocycles. The van der Waals surface area contributed by atoms with Crippen molar-refractivity contribution < 1.29 is 32.4 Å². The number of nitro benzene ring substituents is 1. The molecule has 2 amide bonds. The second kappa shape index (κ2) is 9.84. The number of rotatable bonds is 6. The third kappa shape index (κ3) is 6.40. The van der Waals surface area contributed by atoms with Crippen LogP contribution >= 0.6 is 0 Å². The number of pyridine rings is 1. The number of benzene rings is 1. The number of nitrogens with one attached hydrogen (secondary N) is 1. The van der Waals surface area contributed by atoms with Gasteiger partial charge in [-0.3, -0.25) is 19.7 Å². The van der Waals surface area contributed by atoms with Crippen LogP contribution in [0, 0.1) is 23.0 Å². The number of hydrogen-bond acceptors (Lipinski definition) is 6. The lowest BCUT2D eigenvalue weighted by molar-refractivity contribution is -0.385. The van der Waals surface area contributed by atoms with E-state index in [4.69, 9.17) is 0 Å². The fourth-order valence-electron chi connectivity index (χ4n) is 3.45. The minimum Gasteiger partial charge on any atom is -0.484 e. The zero-order valence-corrected chi connectivity index (χ0v) is 17.6. The van der Waals surface area contributed by atoms with Crippen LogP contribution in [0.2, 0.25) is 0 Å². The second-order valence-electron chi connectivity index (χ2n) is 7.61. The molecule has 3 rings (SSSR count). The summed E-state index contributed by atoms with van der Waals surface area (Å²) in [6.45, 7) is 0.588. The molecule has 0 saturated carbocycles. The first-order valence-corrected chi connectivity index (χ1v) is 10.0. The minimum absolute atomic E-state index is 0.156. The number of hydrogen-bond donors (Lipinski definition) is 1. The van der Waals surface area contributed by atoms with Crippen molar-refractivity contribution in [2.75, 3.05) is 25.0 Å². The molecule has 12 heteroatoms. The van der Waals surface area contributed by atoms with E-state index in [9.17, 15) is 32.9 Å². The molecule has 9 nitrogen and oxygen atoms in total. The van der Waals surface area contributed by atoms with E-state index < -0.39 is 29.3 Å². The maximum Gasteiger partial charge on any atom is 0.422 e. The quantitative estimate of drug-likeness (QED) is 0.513. The zero-order valence-electron chi connectivity index (χ0n) is 17.6. The number of alkyl halides is 3. The van der Waals surface area contributed by atoms with Gasteiger partial charge in [-0.25, -0.2) is 4.98 Å². The molecule has 1 aliphatic heterocycles. The lowest BCUT2D eigenvalue weighted by Gasteiger charge is -2.31. The molecule has 1 fully saturated rings. The summed E-state index contributed by atoms with van der Waals surface area (Å²) in [5, 5.41) is 14.1. The summed E-state index contributed by atoms with van der Waals surface area (Å²) in [5.74, 6) is -1.22. The van der Waals surface area contributed by atoms with Gasteiger partial charge in [-0.05, 0) is 49.6 Å². The van der Waals surface area contributed by atoms with Crippen LogP contribution < -0.4 is 10.1 Å². The van der Waals surface area contributed by atoms with Gasteiger partial charge in [0.2, 0.25) is 5.91 Å². The Hall–Kier alpha value is -3.70. The Morgan fingerprint density at radius 1 is 1.24 bits per heavy atom. The molecule has 0 bridgehead atoms. The molecular weight excluding hydrogens is 445 g/mol. The van der Waals surface area contributed by atoms with Gasteiger partial charge in [0.15, 0.2) is 6.61 Å². The molecule has 0 spiro atoms. The van der Waals surface area contributed by atoms with E-state index in [1.54, 1.807) is 18.3 Å². The normalized spacial score (nSPS) is 14.6. The van der Waals surface area contributed by atoms with Crippen LogP contribution in [0.15, 0.2) is 36.5 Å². The van der Waals surface area contributed by atoms with Crippen molar-refractivity contribution in [1.82, 2.24) is 9.88 Å². The second-order valence-corrected chi connectivity index (χ2v) is 7.61. The summed E-state index contributed by atoms with van der Waals surface area (Å²) >= 11 is 0. The van der Waals surface area contributed by atoms with Crippen LogP contribution in [-0.4, -0.2) is 52.5 Å². The topological polar surface area (TPSA) is 115 Å². The van der Waals surface area contributed by atoms with E-state index in [2.05, 4.69) is 15.0 Å². The molecule has 0 unspecified atom stereocenters. The van der Waals surface area contributed by atoms with E-state index in [-0.39, 0.29) is 36.2 Å². The van der Waals surface area contributed by atoms with Gasteiger partial charge in [0.25, 0.3) is 11.6 Å². The number of ether oxygens (including phenoxy) is 1. The molecule has 2 aromatic rings. The van der Waals surface area contributed by atoms with Crippen LogP contribution in [0.4, 0.5) is 24.7 Å². The van der Waals surface area contributed by atoms with Gasteiger partial charge >= 0.3 is 6.18 Å². The van der Waals surface area contributed by atoms with Crippen molar-refractivity contribution in [2.45, 2.75) is 25.9 Å². The summed E-state index contributed by atoms with van der Waals surface area (Å²) in [6.07, 6.45) is -2.38. The molecule has 2 heterocycles. The fourth-order valence-corrected chi connectivity index (χ4v) is 3.45. The van der Waals surface area contributed by atoms with E-state index >= 15 is 0 Å². The minimum atomic E-state index is -4.59. The Bertz CT molecular complexity index is 1050. The van der Waals surface area contributed by atoms with E-state index in [1.807, 2.05) is 6.92 Å². The first-order chi connectivity index (χ1) is 15.5. The summed E-state index contributed by atoms with van der Waals surface area (Å²) in [4.78, 5) is 41.4. The van der Waals surface area contributed by atoms with Crippen LogP contribution in [0.3, 0.4) is 0 Å². The van der Waals surface area contributed by atoms with Gasteiger partial charge in [-0.1, -0.05) is 0 Å². The van der Waals surface area contributed by atoms with Gasteiger partial charge < -0.3 is 15.0 Å². The molecule has 176 valence electrons. The number of anilines is 1. The monoisotopic (exact) mass is 466 g/mol. The van der Waals surface area contributed by atoms with E-state index in [1.165, 1.54) is 4.90 Å². The summed E-state index contributed by atoms with van der Waals surface area (Å²) in [7, 11) is 0. The maximum absolute atomic E-state index is 12.9. The predicted octanol–water partition coefficient (Wildman–Crippen LogP) is 3.73. The highest BCUT2D eigenvalue weighted by atomic mass is 19.4. The van der Waals surface area contributed by atoms with Crippen molar-refractivity contribution >= 4 is 23.3 Å². The number of aromatic nitrogens is 1. The number of piperidine rings is 1. The highest BCUT2D eigenvalue weighted by Gasteiger charge is 2.32. The Balaban J connectivity index is 1.66. The molecule has 33 heavy (non-hydrogen) atoms. The third-order valence-electron chi connectivity index (χ3n) is 5.12. The molecule has 1 saturated heterocycles. The zero-order chi connectivity index (χ0) is 24.2. The van der Waals surface area contributed by atoms with Gasteiger partial charge in [0, 0.05) is 31.3 Å². The van der Waals surface area contributed by atoms with E-state index in [0.717, 1.165) is 23.8 Å². The fraction of sp³-hybridized carbons (Fsp3) is 0.381. The lowest BCUT2D eigenvalue weighted by Crippen LogP contribution is -2.41. The number of halogens is 3. The Kier molecular flexibility index (Phi) is 7.14. The first kappa shape index (κ1) is 24.0. The molecule has 0 atom stereocenters. The number of carbonyl (C=O) groups excluding carboxylic acids is 2. The van der Waals surface area contributed by atoms with Gasteiger partial charge in [0.05, 0.1) is 4.92 Å². The Morgan fingerprint density at radius 2 is 1.94 bits per heavy atom. The van der Waals surface area contributed by atoms with Crippen molar-refractivity contribution in [1.29, 1.82) is 0 Å². The van der Waals surface area contributed by atoms with Gasteiger partial charge in [0.1, 0.15) is 17.1 Å². The van der Waals surface area contributed by atoms with Crippen molar-refractivity contribution in [3.05, 3.63) is 57.8 Å². The van der Waals surface area contributed by atoms with Gasteiger partial charge in [-0.15, -0.1) is 0 Å². The van der Waals surface area contributed by atoms with Crippen LogP contribution in [0.1, 0.15) is 28.8 Å². The summed E-state index contributed by atoms with van der Waals surface area (Å²) in [6, 6.07) is 6.41. The molecule has 1 aromatic heterocycles. The standard InChI is InChI=1S/C21H21F3N4O5/c1-13-4-7-25-18(10-13)26-19(29)14-5-8-27(9-6-14)20(30)16-11-15(33-12-21(22,23)24)2-3-17(16)28(31)32/h2-4,7,10-11,14H,5-6,8-9,12H2,1H3,(H,25,26,29). The van der Waals surface area contributed by atoms with Crippen LogP contribution in [-0.2, 0) is 4.79 Å². The average molecular weight is 466 g/mol. The third-order valence-corrected chi connectivity index (χ3v) is 5.12. The number of aryl methyl sites for hydroxylation is 1.